The standard InChI is InChI=1S/C11H17NO/c12-8-7-11(13,9-3-1-4-9)10-5-2-6-10/h9-10,13H,1-7H2. The van der Waals surface area contributed by atoms with Gasteiger partial charge in [-0.2, -0.15) is 5.26 Å². The Kier molecular flexibility index (Phi) is 2.29. The molecule has 2 nitrogen and oxygen atoms in total. The van der Waals surface area contributed by atoms with Crippen LogP contribution >= 0.6 is 0 Å². The van der Waals surface area contributed by atoms with Crippen molar-refractivity contribution in [2.24, 2.45) is 11.8 Å². The zero-order valence-corrected chi connectivity index (χ0v) is 8.00. The number of rotatable bonds is 3. The van der Waals surface area contributed by atoms with Gasteiger partial charge in [-0.1, -0.05) is 12.8 Å². The van der Waals surface area contributed by atoms with Gasteiger partial charge in [0.2, 0.25) is 0 Å². The van der Waals surface area contributed by atoms with E-state index >= 15 is 0 Å². The highest BCUT2D eigenvalue weighted by atomic mass is 16.3. The fraction of sp³-hybridized carbons (Fsp3) is 0.909. The minimum absolute atomic E-state index is 0.350. The lowest BCUT2D eigenvalue weighted by atomic mass is 9.60. The van der Waals surface area contributed by atoms with E-state index in [0.717, 1.165) is 25.7 Å². The van der Waals surface area contributed by atoms with Crippen LogP contribution in [0.4, 0.5) is 0 Å². The van der Waals surface area contributed by atoms with Crippen molar-refractivity contribution >= 4 is 0 Å². The first-order chi connectivity index (χ1) is 6.27. The second-order valence-corrected chi connectivity index (χ2v) is 4.58. The highest BCUT2D eigenvalue weighted by molar-refractivity contribution is 5.03. The molecule has 0 atom stereocenters. The average molecular weight is 179 g/mol. The van der Waals surface area contributed by atoms with E-state index in [1.807, 2.05) is 0 Å². The molecule has 72 valence electrons. The van der Waals surface area contributed by atoms with Crippen molar-refractivity contribution in [1.29, 1.82) is 5.26 Å². The molecule has 0 aromatic carbocycles. The van der Waals surface area contributed by atoms with Gasteiger partial charge in [-0.05, 0) is 37.5 Å². The summed E-state index contributed by atoms with van der Waals surface area (Å²) in [7, 11) is 0. The molecule has 2 aliphatic rings. The van der Waals surface area contributed by atoms with Crippen LogP contribution in [0.25, 0.3) is 0 Å². The van der Waals surface area contributed by atoms with Crippen molar-refractivity contribution in [1.82, 2.24) is 0 Å². The Labute approximate surface area is 79.6 Å². The zero-order valence-electron chi connectivity index (χ0n) is 8.00. The number of aliphatic hydroxyl groups is 1. The molecule has 13 heavy (non-hydrogen) atoms. The smallest absolute Gasteiger partial charge is 0.0833 e. The summed E-state index contributed by atoms with van der Waals surface area (Å²) in [4.78, 5) is 0. The first kappa shape index (κ1) is 9.02. The monoisotopic (exact) mass is 179 g/mol. The van der Waals surface area contributed by atoms with Crippen LogP contribution in [0.3, 0.4) is 0 Å². The Morgan fingerprint density at radius 3 is 1.85 bits per heavy atom. The quantitative estimate of drug-likeness (QED) is 0.722. The molecular weight excluding hydrogens is 162 g/mol. The second-order valence-electron chi connectivity index (χ2n) is 4.58. The Bertz CT molecular complexity index is 209. The van der Waals surface area contributed by atoms with Crippen molar-refractivity contribution in [2.75, 3.05) is 0 Å². The van der Waals surface area contributed by atoms with Gasteiger partial charge in [0.15, 0.2) is 0 Å². The molecule has 0 aromatic heterocycles. The molecule has 1 N–H and O–H groups in total. The first-order valence-electron chi connectivity index (χ1n) is 5.36. The van der Waals surface area contributed by atoms with Crippen LogP contribution in [0.5, 0.6) is 0 Å². The van der Waals surface area contributed by atoms with Crippen molar-refractivity contribution in [3.63, 3.8) is 0 Å². The van der Waals surface area contributed by atoms with Gasteiger partial charge in [0.05, 0.1) is 18.1 Å². The van der Waals surface area contributed by atoms with Crippen LogP contribution in [-0.2, 0) is 0 Å². The molecule has 0 aromatic rings. The van der Waals surface area contributed by atoms with E-state index in [-0.39, 0.29) is 0 Å². The van der Waals surface area contributed by atoms with E-state index in [1.165, 1.54) is 12.8 Å². The molecule has 2 aliphatic carbocycles. The van der Waals surface area contributed by atoms with Gasteiger partial charge in [-0.3, -0.25) is 0 Å². The lowest BCUT2D eigenvalue weighted by molar-refractivity contribution is -0.115. The second kappa shape index (κ2) is 3.31. The minimum Gasteiger partial charge on any atom is -0.388 e. The highest BCUT2D eigenvalue weighted by Gasteiger charge is 2.47. The van der Waals surface area contributed by atoms with Crippen LogP contribution in [0, 0.1) is 23.2 Å². The Morgan fingerprint density at radius 2 is 1.62 bits per heavy atom. The minimum atomic E-state index is -0.620. The molecule has 0 saturated heterocycles. The lowest BCUT2D eigenvalue weighted by Crippen LogP contribution is -2.50. The molecule has 0 amide bonds. The lowest BCUT2D eigenvalue weighted by Gasteiger charge is -2.48. The third-order valence-corrected chi connectivity index (χ3v) is 3.99. The van der Waals surface area contributed by atoms with Gasteiger partial charge < -0.3 is 5.11 Å². The third kappa shape index (κ3) is 1.36. The van der Waals surface area contributed by atoms with Gasteiger partial charge in [0, 0.05) is 0 Å². The van der Waals surface area contributed by atoms with E-state index < -0.39 is 5.60 Å². The molecule has 0 heterocycles. The average Bonchev–Trinajstić information content (AvgIpc) is 1.76. The maximum absolute atomic E-state index is 10.4. The summed E-state index contributed by atoms with van der Waals surface area (Å²) >= 11 is 0. The van der Waals surface area contributed by atoms with Crippen LogP contribution in [-0.4, -0.2) is 10.7 Å². The fourth-order valence-electron chi connectivity index (χ4n) is 2.56. The van der Waals surface area contributed by atoms with E-state index in [1.54, 1.807) is 0 Å². The van der Waals surface area contributed by atoms with Gasteiger partial charge >= 0.3 is 0 Å². The van der Waals surface area contributed by atoms with Crippen molar-refractivity contribution < 1.29 is 5.11 Å². The molecule has 0 aliphatic heterocycles. The summed E-state index contributed by atoms with van der Waals surface area (Å²) in [6.45, 7) is 0. The molecule has 0 spiro atoms. The zero-order chi connectivity index (χ0) is 9.31. The van der Waals surface area contributed by atoms with E-state index in [2.05, 4.69) is 6.07 Å². The Balaban J connectivity index is 2.04. The van der Waals surface area contributed by atoms with Crippen molar-refractivity contribution in [3.05, 3.63) is 0 Å². The molecule has 0 radical (unpaired) electrons. The van der Waals surface area contributed by atoms with E-state index in [9.17, 15) is 5.11 Å². The largest absolute Gasteiger partial charge is 0.388 e. The maximum Gasteiger partial charge on any atom is 0.0833 e. The number of hydrogen-bond donors (Lipinski definition) is 1. The van der Waals surface area contributed by atoms with Crippen LogP contribution < -0.4 is 0 Å². The van der Waals surface area contributed by atoms with Crippen molar-refractivity contribution in [2.45, 2.75) is 50.5 Å². The molecule has 2 fully saturated rings. The molecule has 0 bridgehead atoms. The van der Waals surface area contributed by atoms with Gasteiger partial charge in [0.25, 0.3) is 0 Å². The SMILES string of the molecule is N#CCC(O)(C1CCC1)C1CCC1. The summed E-state index contributed by atoms with van der Waals surface area (Å²) in [6, 6.07) is 2.16. The normalized spacial score (nSPS) is 24.6. The van der Waals surface area contributed by atoms with E-state index in [4.69, 9.17) is 5.26 Å². The van der Waals surface area contributed by atoms with Crippen LogP contribution in [0.2, 0.25) is 0 Å². The number of hydrogen-bond acceptors (Lipinski definition) is 2. The Hall–Kier alpha value is -0.550. The maximum atomic E-state index is 10.4. The predicted molar refractivity (Wildman–Crippen MR) is 49.9 cm³/mol. The summed E-state index contributed by atoms with van der Waals surface area (Å²) < 4.78 is 0. The molecular formula is C11H17NO. The topological polar surface area (TPSA) is 44.0 Å². The van der Waals surface area contributed by atoms with Crippen LogP contribution in [0.1, 0.15) is 44.9 Å². The van der Waals surface area contributed by atoms with Gasteiger partial charge in [-0.25, -0.2) is 0 Å². The van der Waals surface area contributed by atoms with E-state index in [0.29, 0.717) is 18.3 Å². The first-order valence-corrected chi connectivity index (χ1v) is 5.36. The molecule has 0 unspecified atom stereocenters. The summed E-state index contributed by atoms with van der Waals surface area (Å²) in [6.07, 6.45) is 7.37. The Morgan fingerprint density at radius 1 is 1.15 bits per heavy atom. The predicted octanol–water partition coefficient (Wildman–Crippen LogP) is 2.23. The fourth-order valence-corrected chi connectivity index (χ4v) is 2.56. The van der Waals surface area contributed by atoms with Crippen LogP contribution in [0.15, 0.2) is 0 Å². The summed E-state index contributed by atoms with van der Waals surface area (Å²) in [5.41, 5.74) is -0.620. The van der Waals surface area contributed by atoms with Crippen molar-refractivity contribution in [3.8, 4) is 6.07 Å². The molecule has 2 rings (SSSR count). The third-order valence-electron chi connectivity index (χ3n) is 3.99. The number of nitrogens with zero attached hydrogens (tertiary/aromatic N) is 1. The summed E-state index contributed by atoms with van der Waals surface area (Å²) in [5, 5.41) is 19.2. The molecule has 2 heteroatoms. The van der Waals surface area contributed by atoms with Gasteiger partial charge in [-0.15, -0.1) is 0 Å². The highest BCUT2D eigenvalue weighted by Crippen LogP contribution is 2.48. The number of nitriles is 1. The summed E-state index contributed by atoms with van der Waals surface area (Å²) in [5.74, 6) is 0.856. The van der Waals surface area contributed by atoms with Gasteiger partial charge in [0.1, 0.15) is 0 Å². The molecule has 2 saturated carbocycles.